The molecule has 2 N–H and O–H groups in total. The first-order chi connectivity index (χ1) is 8.58. The number of rotatable bonds is 2. The second-order valence-electron chi connectivity index (χ2n) is 4.56. The number of aliphatic hydroxyl groups excluding tert-OH is 1. The van der Waals surface area contributed by atoms with Crippen molar-refractivity contribution < 1.29 is 9.90 Å². The Morgan fingerprint density at radius 2 is 2.11 bits per heavy atom. The summed E-state index contributed by atoms with van der Waals surface area (Å²) in [6, 6.07) is 5.09. The Kier molecular flexibility index (Phi) is 4.86. The van der Waals surface area contributed by atoms with Crippen molar-refractivity contribution >= 4 is 40.1 Å². The maximum absolute atomic E-state index is 12.0. The van der Waals surface area contributed by atoms with Gasteiger partial charge in [0, 0.05) is 9.13 Å². The van der Waals surface area contributed by atoms with Crippen molar-refractivity contribution in [3.8, 4) is 0 Å². The topological polar surface area (TPSA) is 49.3 Å². The van der Waals surface area contributed by atoms with E-state index in [0.29, 0.717) is 10.6 Å². The zero-order valence-corrected chi connectivity index (χ0v) is 12.7. The number of aliphatic hydroxyl groups is 1. The molecule has 0 unspecified atom stereocenters. The predicted molar refractivity (Wildman–Crippen MR) is 79.9 cm³/mol. The van der Waals surface area contributed by atoms with Gasteiger partial charge in [-0.15, -0.1) is 0 Å². The SMILES string of the molecule is O=C(N[C@@H]1CCCC[C@H]1O)c1ccc(I)c(Cl)c1. The largest absolute Gasteiger partial charge is 0.391 e. The molecule has 1 aliphatic rings. The molecule has 1 aliphatic carbocycles. The molecular formula is C13H15ClINO2. The van der Waals surface area contributed by atoms with Gasteiger partial charge in [0.1, 0.15) is 0 Å². The highest BCUT2D eigenvalue weighted by Crippen LogP contribution is 2.21. The molecule has 0 heterocycles. The number of hydrogen-bond donors (Lipinski definition) is 2. The molecule has 18 heavy (non-hydrogen) atoms. The summed E-state index contributed by atoms with van der Waals surface area (Å²) in [7, 11) is 0. The number of carbonyl (C=O) groups is 1. The van der Waals surface area contributed by atoms with Gasteiger partial charge in [-0.05, 0) is 53.6 Å². The van der Waals surface area contributed by atoms with Gasteiger partial charge in [-0.2, -0.15) is 0 Å². The minimum Gasteiger partial charge on any atom is -0.391 e. The minimum atomic E-state index is -0.429. The van der Waals surface area contributed by atoms with E-state index in [1.165, 1.54) is 0 Å². The lowest BCUT2D eigenvalue weighted by molar-refractivity contribution is 0.0717. The van der Waals surface area contributed by atoms with Crippen LogP contribution < -0.4 is 5.32 Å². The Labute approximate surface area is 125 Å². The van der Waals surface area contributed by atoms with Crippen molar-refractivity contribution in [1.29, 1.82) is 0 Å². The highest BCUT2D eigenvalue weighted by atomic mass is 127. The van der Waals surface area contributed by atoms with Gasteiger partial charge in [-0.1, -0.05) is 24.4 Å². The average Bonchev–Trinajstić information content (AvgIpc) is 2.35. The fraction of sp³-hybridized carbons (Fsp3) is 0.462. The van der Waals surface area contributed by atoms with Gasteiger partial charge in [0.05, 0.1) is 17.2 Å². The van der Waals surface area contributed by atoms with Gasteiger partial charge in [-0.25, -0.2) is 0 Å². The van der Waals surface area contributed by atoms with E-state index in [1.54, 1.807) is 12.1 Å². The molecule has 0 saturated heterocycles. The van der Waals surface area contributed by atoms with Crippen LogP contribution in [-0.4, -0.2) is 23.2 Å². The number of nitrogens with one attached hydrogen (secondary N) is 1. The number of amides is 1. The van der Waals surface area contributed by atoms with E-state index in [-0.39, 0.29) is 11.9 Å². The van der Waals surface area contributed by atoms with E-state index in [9.17, 15) is 9.90 Å². The molecule has 1 saturated carbocycles. The van der Waals surface area contributed by atoms with Crippen molar-refractivity contribution in [2.45, 2.75) is 37.8 Å². The van der Waals surface area contributed by atoms with E-state index >= 15 is 0 Å². The van der Waals surface area contributed by atoms with Crippen molar-refractivity contribution in [2.75, 3.05) is 0 Å². The normalized spacial score (nSPS) is 23.7. The van der Waals surface area contributed by atoms with Crippen LogP contribution in [0.4, 0.5) is 0 Å². The molecule has 0 aliphatic heterocycles. The third-order valence-corrected chi connectivity index (χ3v) is 4.80. The monoisotopic (exact) mass is 379 g/mol. The molecule has 2 rings (SSSR count). The molecular weight excluding hydrogens is 365 g/mol. The van der Waals surface area contributed by atoms with Gasteiger partial charge < -0.3 is 10.4 Å². The molecule has 1 aromatic carbocycles. The fourth-order valence-electron chi connectivity index (χ4n) is 2.17. The van der Waals surface area contributed by atoms with Crippen LogP contribution in [0.2, 0.25) is 5.02 Å². The van der Waals surface area contributed by atoms with Crippen LogP contribution in [-0.2, 0) is 0 Å². The molecule has 5 heteroatoms. The Hall–Kier alpha value is -0.330. The summed E-state index contributed by atoms with van der Waals surface area (Å²) in [6.45, 7) is 0. The molecule has 0 radical (unpaired) electrons. The quantitative estimate of drug-likeness (QED) is 0.776. The van der Waals surface area contributed by atoms with Crippen molar-refractivity contribution in [3.05, 3.63) is 32.4 Å². The minimum absolute atomic E-state index is 0.135. The first-order valence-corrected chi connectivity index (χ1v) is 7.47. The summed E-state index contributed by atoms with van der Waals surface area (Å²) in [5.74, 6) is -0.167. The maximum Gasteiger partial charge on any atom is 0.251 e. The van der Waals surface area contributed by atoms with E-state index < -0.39 is 6.10 Å². The third kappa shape index (κ3) is 3.36. The van der Waals surface area contributed by atoms with Crippen LogP contribution in [0, 0.1) is 3.57 Å². The lowest BCUT2D eigenvalue weighted by Gasteiger charge is -2.28. The van der Waals surface area contributed by atoms with Crippen LogP contribution in [0.3, 0.4) is 0 Å². The number of hydrogen-bond acceptors (Lipinski definition) is 2. The third-order valence-electron chi connectivity index (χ3n) is 3.23. The van der Waals surface area contributed by atoms with Crippen molar-refractivity contribution in [3.63, 3.8) is 0 Å². The van der Waals surface area contributed by atoms with E-state index in [2.05, 4.69) is 27.9 Å². The molecule has 3 nitrogen and oxygen atoms in total. The highest BCUT2D eigenvalue weighted by Gasteiger charge is 2.24. The first kappa shape index (κ1) is 14.1. The smallest absolute Gasteiger partial charge is 0.251 e. The summed E-state index contributed by atoms with van der Waals surface area (Å²) in [4.78, 5) is 12.0. The van der Waals surface area contributed by atoms with Gasteiger partial charge in [0.2, 0.25) is 0 Å². The number of carbonyl (C=O) groups excluding carboxylic acids is 1. The van der Waals surface area contributed by atoms with Gasteiger partial charge in [0.15, 0.2) is 0 Å². The molecule has 0 bridgehead atoms. The standard InChI is InChI=1S/C13H15ClINO2/c14-9-7-8(5-6-10(9)15)13(18)16-11-3-1-2-4-12(11)17/h5-7,11-12,17H,1-4H2,(H,16,18)/t11-,12-/m1/s1. The summed E-state index contributed by atoms with van der Waals surface area (Å²) in [5.41, 5.74) is 0.540. The number of halogens is 2. The summed E-state index contributed by atoms with van der Waals surface area (Å²) < 4.78 is 0.920. The Morgan fingerprint density at radius 1 is 1.39 bits per heavy atom. The molecule has 1 amide bonds. The van der Waals surface area contributed by atoms with E-state index in [1.807, 2.05) is 6.07 Å². The van der Waals surface area contributed by atoms with Gasteiger partial charge >= 0.3 is 0 Å². The van der Waals surface area contributed by atoms with Gasteiger partial charge in [0.25, 0.3) is 5.91 Å². The van der Waals surface area contributed by atoms with Crippen LogP contribution in [0.5, 0.6) is 0 Å². The van der Waals surface area contributed by atoms with Gasteiger partial charge in [-0.3, -0.25) is 4.79 Å². The predicted octanol–water partition coefficient (Wildman–Crippen LogP) is 2.98. The molecule has 0 aromatic heterocycles. The lowest BCUT2D eigenvalue weighted by atomic mass is 9.92. The second kappa shape index (κ2) is 6.21. The molecule has 1 aromatic rings. The lowest BCUT2D eigenvalue weighted by Crippen LogP contribution is -2.45. The first-order valence-electron chi connectivity index (χ1n) is 6.02. The molecule has 98 valence electrons. The Bertz CT molecular complexity index is 453. The average molecular weight is 380 g/mol. The molecule has 1 fully saturated rings. The highest BCUT2D eigenvalue weighted by molar-refractivity contribution is 14.1. The summed E-state index contributed by atoms with van der Waals surface area (Å²) >= 11 is 8.11. The molecule has 2 atom stereocenters. The second-order valence-corrected chi connectivity index (χ2v) is 6.13. The maximum atomic E-state index is 12.0. The Balaban J connectivity index is 2.04. The fourth-order valence-corrected chi connectivity index (χ4v) is 2.68. The van der Waals surface area contributed by atoms with E-state index in [4.69, 9.17) is 11.6 Å². The molecule has 0 spiro atoms. The van der Waals surface area contributed by atoms with Crippen molar-refractivity contribution in [2.24, 2.45) is 0 Å². The zero-order chi connectivity index (χ0) is 13.1. The van der Waals surface area contributed by atoms with Crippen LogP contribution in [0.25, 0.3) is 0 Å². The van der Waals surface area contributed by atoms with Crippen LogP contribution in [0.1, 0.15) is 36.0 Å². The summed E-state index contributed by atoms with van der Waals surface area (Å²) in [5, 5.41) is 13.3. The van der Waals surface area contributed by atoms with Crippen LogP contribution >= 0.6 is 34.2 Å². The van der Waals surface area contributed by atoms with E-state index in [0.717, 1.165) is 29.3 Å². The number of benzene rings is 1. The Morgan fingerprint density at radius 3 is 2.78 bits per heavy atom. The van der Waals surface area contributed by atoms with Crippen molar-refractivity contribution in [1.82, 2.24) is 5.32 Å². The summed E-state index contributed by atoms with van der Waals surface area (Å²) in [6.07, 6.45) is 3.25. The zero-order valence-electron chi connectivity index (χ0n) is 9.83. The van der Waals surface area contributed by atoms with Crippen LogP contribution in [0.15, 0.2) is 18.2 Å².